The van der Waals surface area contributed by atoms with E-state index in [0.717, 1.165) is 10.9 Å². The van der Waals surface area contributed by atoms with Gasteiger partial charge in [-0.15, -0.1) is 11.3 Å². The number of nitrogens with one attached hydrogen (secondary N) is 1. The van der Waals surface area contributed by atoms with Crippen LogP contribution < -0.4 is 5.32 Å². The van der Waals surface area contributed by atoms with Gasteiger partial charge in [-0.05, 0) is 13.2 Å². The Hall–Kier alpha value is -0.750. The van der Waals surface area contributed by atoms with Crippen molar-refractivity contribution in [3.05, 3.63) is 11.1 Å². The maximum Gasteiger partial charge on any atom is 0.309 e. The van der Waals surface area contributed by atoms with Gasteiger partial charge in [0.15, 0.2) is 5.13 Å². The predicted molar refractivity (Wildman–Crippen MR) is 64.9 cm³/mol. The molecular formula is C9H14N2O2S2. The largest absolute Gasteiger partial charge is 0.481 e. The van der Waals surface area contributed by atoms with Crippen LogP contribution in [0.3, 0.4) is 0 Å². The second kappa shape index (κ2) is 5.97. The molecule has 0 fully saturated rings. The van der Waals surface area contributed by atoms with Crippen LogP contribution in [0.2, 0.25) is 0 Å². The van der Waals surface area contributed by atoms with Crippen LogP contribution in [0.25, 0.3) is 0 Å². The fourth-order valence-corrected chi connectivity index (χ4v) is 2.52. The van der Waals surface area contributed by atoms with Crippen molar-refractivity contribution in [2.24, 2.45) is 0 Å². The monoisotopic (exact) mass is 246 g/mol. The Morgan fingerprint density at radius 3 is 3.13 bits per heavy atom. The van der Waals surface area contributed by atoms with E-state index in [1.807, 2.05) is 0 Å². The molecule has 0 saturated carbocycles. The van der Waals surface area contributed by atoms with Crippen LogP contribution in [0.1, 0.15) is 12.6 Å². The molecule has 1 heterocycles. The standard InChI is InChI=1S/C9H14N2O2S2/c1-6(4-14-2)10-9-11-7(5-15-9)3-8(12)13/h5-6H,3-4H2,1-2H3,(H,10,11)(H,12,13). The van der Waals surface area contributed by atoms with Crippen molar-refractivity contribution >= 4 is 34.2 Å². The van der Waals surface area contributed by atoms with Crippen molar-refractivity contribution in [1.29, 1.82) is 0 Å². The first kappa shape index (κ1) is 12.3. The van der Waals surface area contributed by atoms with Crippen molar-refractivity contribution in [3.63, 3.8) is 0 Å². The van der Waals surface area contributed by atoms with Crippen LogP contribution >= 0.6 is 23.1 Å². The Kier molecular flexibility index (Phi) is 4.90. The third-order valence-corrected chi connectivity index (χ3v) is 3.33. The zero-order chi connectivity index (χ0) is 11.3. The van der Waals surface area contributed by atoms with Gasteiger partial charge in [-0.25, -0.2) is 4.98 Å². The van der Waals surface area contributed by atoms with Crippen LogP contribution in [0, 0.1) is 0 Å². The molecule has 0 radical (unpaired) electrons. The lowest BCUT2D eigenvalue weighted by atomic mass is 10.3. The molecule has 1 unspecified atom stereocenters. The third kappa shape index (κ3) is 4.53. The van der Waals surface area contributed by atoms with E-state index >= 15 is 0 Å². The van der Waals surface area contributed by atoms with Crippen LogP contribution in [0.5, 0.6) is 0 Å². The number of aromatic nitrogens is 1. The maximum atomic E-state index is 10.4. The molecule has 0 saturated heterocycles. The van der Waals surface area contributed by atoms with Gasteiger partial charge in [-0.3, -0.25) is 4.79 Å². The Morgan fingerprint density at radius 1 is 1.80 bits per heavy atom. The average molecular weight is 246 g/mol. The summed E-state index contributed by atoms with van der Waals surface area (Å²) in [4.78, 5) is 14.6. The lowest BCUT2D eigenvalue weighted by molar-refractivity contribution is -0.136. The maximum absolute atomic E-state index is 10.4. The number of carboxylic acid groups (broad SMARTS) is 1. The summed E-state index contributed by atoms with van der Waals surface area (Å²) in [7, 11) is 0. The first-order valence-electron chi connectivity index (χ1n) is 4.53. The molecule has 84 valence electrons. The van der Waals surface area contributed by atoms with Gasteiger partial charge in [0.1, 0.15) is 0 Å². The highest BCUT2D eigenvalue weighted by Gasteiger charge is 2.07. The summed E-state index contributed by atoms with van der Waals surface area (Å²) in [6.07, 6.45) is 2.05. The molecule has 0 aliphatic carbocycles. The molecule has 0 spiro atoms. The van der Waals surface area contributed by atoms with E-state index in [2.05, 4.69) is 23.5 Å². The predicted octanol–water partition coefficient (Wildman–Crippen LogP) is 1.93. The summed E-state index contributed by atoms with van der Waals surface area (Å²) in [5.74, 6) is 0.164. The van der Waals surface area contributed by atoms with Crippen molar-refractivity contribution in [1.82, 2.24) is 4.98 Å². The third-order valence-electron chi connectivity index (χ3n) is 1.67. The summed E-state index contributed by atoms with van der Waals surface area (Å²) in [5.41, 5.74) is 0.617. The normalized spacial score (nSPS) is 12.4. The molecule has 2 N–H and O–H groups in total. The minimum atomic E-state index is -0.844. The Morgan fingerprint density at radius 2 is 2.53 bits per heavy atom. The Balaban J connectivity index is 2.48. The fourth-order valence-electron chi connectivity index (χ4n) is 1.11. The minimum absolute atomic E-state index is 0.00487. The highest BCUT2D eigenvalue weighted by atomic mass is 32.2. The van der Waals surface area contributed by atoms with Crippen LogP contribution in [-0.2, 0) is 11.2 Å². The van der Waals surface area contributed by atoms with Gasteiger partial charge >= 0.3 is 5.97 Å². The molecule has 1 aromatic rings. The van der Waals surface area contributed by atoms with Gasteiger partial charge < -0.3 is 10.4 Å². The van der Waals surface area contributed by atoms with E-state index in [1.165, 1.54) is 11.3 Å². The van der Waals surface area contributed by atoms with Gasteiger partial charge in [-0.2, -0.15) is 11.8 Å². The molecule has 15 heavy (non-hydrogen) atoms. The van der Waals surface area contributed by atoms with Crippen LogP contribution in [0.15, 0.2) is 5.38 Å². The smallest absolute Gasteiger partial charge is 0.309 e. The molecule has 1 atom stereocenters. The number of hydrogen-bond acceptors (Lipinski definition) is 5. The van der Waals surface area contributed by atoms with Gasteiger partial charge in [0, 0.05) is 17.2 Å². The molecule has 0 bridgehead atoms. The zero-order valence-electron chi connectivity index (χ0n) is 8.69. The molecular weight excluding hydrogens is 232 g/mol. The number of hydrogen-bond donors (Lipinski definition) is 2. The molecule has 0 aliphatic heterocycles. The number of aliphatic carboxylic acids is 1. The van der Waals surface area contributed by atoms with Crippen molar-refractivity contribution in [3.8, 4) is 0 Å². The van der Waals surface area contributed by atoms with Gasteiger partial charge in [0.2, 0.25) is 0 Å². The van der Waals surface area contributed by atoms with Gasteiger partial charge in [0.05, 0.1) is 12.1 Å². The number of anilines is 1. The summed E-state index contributed by atoms with van der Waals surface area (Å²) in [6.45, 7) is 2.08. The van der Waals surface area contributed by atoms with E-state index < -0.39 is 5.97 Å². The molecule has 0 aromatic carbocycles. The van der Waals surface area contributed by atoms with Gasteiger partial charge in [-0.1, -0.05) is 0 Å². The quantitative estimate of drug-likeness (QED) is 0.803. The number of carbonyl (C=O) groups is 1. The minimum Gasteiger partial charge on any atom is -0.481 e. The molecule has 0 amide bonds. The topological polar surface area (TPSA) is 62.2 Å². The molecule has 0 aliphatic rings. The van der Waals surface area contributed by atoms with E-state index in [-0.39, 0.29) is 6.42 Å². The fraction of sp³-hybridized carbons (Fsp3) is 0.556. The second-order valence-corrected chi connectivity index (χ2v) is 4.98. The lowest BCUT2D eigenvalue weighted by Crippen LogP contribution is -2.17. The number of nitrogens with zero attached hydrogens (tertiary/aromatic N) is 1. The number of thiazole rings is 1. The molecule has 4 nitrogen and oxygen atoms in total. The molecule has 1 aromatic heterocycles. The molecule has 1 rings (SSSR count). The van der Waals surface area contributed by atoms with E-state index in [4.69, 9.17) is 5.11 Å². The van der Waals surface area contributed by atoms with E-state index in [9.17, 15) is 4.79 Å². The summed E-state index contributed by atoms with van der Waals surface area (Å²) >= 11 is 3.22. The first-order valence-corrected chi connectivity index (χ1v) is 6.81. The Bertz CT molecular complexity index is 328. The lowest BCUT2D eigenvalue weighted by Gasteiger charge is -2.10. The first-order chi connectivity index (χ1) is 7.11. The highest BCUT2D eigenvalue weighted by molar-refractivity contribution is 7.98. The average Bonchev–Trinajstić information content (AvgIpc) is 2.51. The van der Waals surface area contributed by atoms with Crippen molar-refractivity contribution < 1.29 is 9.90 Å². The Labute approximate surface area is 97.1 Å². The van der Waals surface area contributed by atoms with Gasteiger partial charge in [0.25, 0.3) is 0 Å². The summed E-state index contributed by atoms with van der Waals surface area (Å²) in [5, 5.41) is 14.4. The summed E-state index contributed by atoms with van der Waals surface area (Å²) in [6, 6.07) is 0.351. The summed E-state index contributed by atoms with van der Waals surface area (Å²) < 4.78 is 0. The number of rotatable bonds is 6. The highest BCUT2D eigenvalue weighted by Crippen LogP contribution is 2.17. The van der Waals surface area contributed by atoms with Crippen molar-refractivity contribution in [2.45, 2.75) is 19.4 Å². The molecule has 6 heteroatoms. The van der Waals surface area contributed by atoms with Crippen molar-refractivity contribution in [2.75, 3.05) is 17.3 Å². The number of thioether (sulfide) groups is 1. The number of carboxylic acids is 1. The van der Waals surface area contributed by atoms with E-state index in [0.29, 0.717) is 11.7 Å². The van der Waals surface area contributed by atoms with Crippen LogP contribution in [0.4, 0.5) is 5.13 Å². The van der Waals surface area contributed by atoms with Crippen LogP contribution in [-0.4, -0.2) is 34.1 Å². The second-order valence-electron chi connectivity index (χ2n) is 3.22. The van der Waals surface area contributed by atoms with E-state index in [1.54, 1.807) is 17.1 Å². The zero-order valence-corrected chi connectivity index (χ0v) is 10.3. The SMILES string of the molecule is CSCC(C)Nc1nc(CC(=O)O)cs1.